The number of hydrogen-bond acceptors (Lipinski definition) is 11. The number of imidazole rings is 1. The number of aryl methyl sites for hydroxylation is 1. The molecular formula is C45H51F2N11O6. The quantitative estimate of drug-likeness (QED) is 0.152. The monoisotopic (exact) mass is 879 g/mol. The van der Waals surface area contributed by atoms with E-state index < -0.39 is 30.0 Å². The van der Waals surface area contributed by atoms with Gasteiger partial charge in [-0.05, 0) is 75.5 Å². The van der Waals surface area contributed by atoms with E-state index >= 15 is 0 Å². The zero-order chi connectivity index (χ0) is 44.1. The van der Waals surface area contributed by atoms with E-state index in [0.717, 1.165) is 96.7 Å². The molecule has 2 N–H and O–H groups in total. The van der Waals surface area contributed by atoms with E-state index in [0.29, 0.717) is 28.2 Å². The fourth-order valence-corrected chi connectivity index (χ4v) is 10.3. The lowest BCUT2D eigenvalue weighted by Gasteiger charge is -2.37. The molecule has 64 heavy (non-hydrogen) atoms. The van der Waals surface area contributed by atoms with Crippen molar-refractivity contribution in [3.05, 3.63) is 70.2 Å². The summed E-state index contributed by atoms with van der Waals surface area (Å²) in [6, 6.07) is 6.50. The molecule has 19 heteroatoms. The number of ether oxygens (including phenoxy) is 2. The van der Waals surface area contributed by atoms with Crippen LogP contribution in [0.15, 0.2) is 47.7 Å². The van der Waals surface area contributed by atoms with Gasteiger partial charge in [-0.15, -0.1) is 0 Å². The number of nitrogens with zero attached hydrogens (tertiary/aromatic N) is 9. The number of aromatic nitrogens is 7. The molecule has 4 aliphatic heterocycles. The number of fused-ring (bicyclic) bond motifs is 2. The van der Waals surface area contributed by atoms with Gasteiger partial charge >= 0.3 is 5.69 Å². The van der Waals surface area contributed by atoms with Crippen molar-refractivity contribution in [2.45, 2.75) is 82.4 Å². The van der Waals surface area contributed by atoms with Crippen LogP contribution in [0.4, 0.5) is 20.3 Å². The maximum atomic E-state index is 14.3. The summed E-state index contributed by atoms with van der Waals surface area (Å²) < 4.78 is 46.3. The lowest BCUT2D eigenvalue weighted by molar-refractivity contribution is -0.135. The number of carbonyl (C=O) groups is 3. The Labute approximate surface area is 367 Å². The lowest BCUT2D eigenvalue weighted by atomic mass is 9.85. The molecule has 5 aromatic rings. The number of imide groups is 1. The van der Waals surface area contributed by atoms with Crippen LogP contribution in [-0.4, -0.2) is 115 Å². The summed E-state index contributed by atoms with van der Waals surface area (Å²) in [5, 5.41) is 13.6. The number of piperidine rings is 2. The van der Waals surface area contributed by atoms with Crippen molar-refractivity contribution >= 4 is 45.9 Å². The number of nitrogens with one attached hydrogen (secondary N) is 2. The second-order valence-electron chi connectivity index (χ2n) is 18.1. The molecule has 336 valence electrons. The van der Waals surface area contributed by atoms with Gasteiger partial charge in [-0.2, -0.15) is 10.2 Å². The minimum absolute atomic E-state index is 0.00814. The Morgan fingerprint density at radius 3 is 2.61 bits per heavy atom. The maximum Gasteiger partial charge on any atom is 0.329 e. The van der Waals surface area contributed by atoms with Crippen LogP contribution in [0, 0.1) is 23.2 Å². The fourth-order valence-electron chi connectivity index (χ4n) is 10.3. The first kappa shape index (κ1) is 42.0. The Hall–Kier alpha value is -5.97. The van der Waals surface area contributed by atoms with Crippen LogP contribution in [-0.2, 0) is 26.1 Å². The minimum Gasteiger partial charge on any atom is -0.380 e. The van der Waals surface area contributed by atoms with Crippen molar-refractivity contribution in [3.8, 4) is 11.8 Å². The molecule has 5 aliphatic rings. The largest absolute Gasteiger partial charge is 0.380 e. The molecule has 8 heterocycles. The van der Waals surface area contributed by atoms with Gasteiger partial charge in [-0.25, -0.2) is 23.1 Å². The normalized spacial score (nSPS) is 22.9. The minimum atomic E-state index is -2.86. The van der Waals surface area contributed by atoms with E-state index in [1.165, 1.54) is 26.0 Å². The molecule has 10 rings (SSSR count). The number of halogens is 2. The predicted molar refractivity (Wildman–Crippen MR) is 230 cm³/mol. The maximum absolute atomic E-state index is 14.3. The molecule has 1 atom stereocenters. The van der Waals surface area contributed by atoms with Crippen LogP contribution in [0.3, 0.4) is 0 Å². The second-order valence-corrected chi connectivity index (χ2v) is 18.1. The SMILES string of the molecule is Cn1c(=O)n(C2CCC(=O)NC2=O)c2cccc(C#CCOC3CCN(CC4CCC(n5cc(NC(=O)c6cnn7ccc(N8CCC9(COC9)C8)nc67)c(C(F)F)n5)CC4)CC3)c21. The molecule has 0 bridgehead atoms. The van der Waals surface area contributed by atoms with Crippen LogP contribution >= 0.6 is 0 Å². The summed E-state index contributed by atoms with van der Waals surface area (Å²) in [7, 11) is 1.66. The van der Waals surface area contributed by atoms with Crippen LogP contribution in [0.5, 0.6) is 0 Å². The Morgan fingerprint density at radius 1 is 1.06 bits per heavy atom. The van der Waals surface area contributed by atoms with E-state index in [4.69, 9.17) is 14.5 Å². The van der Waals surface area contributed by atoms with Crippen molar-refractivity contribution in [2.24, 2.45) is 18.4 Å². The third kappa shape index (κ3) is 8.07. The first-order chi connectivity index (χ1) is 31.0. The molecule has 1 saturated carbocycles. The van der Waals surface area contributed by atoms with Gasteiger partial charge in [0.15, 0.2) is 11.3 Å². The summed E-state index contributed by atoms with van der Waals surface area (Å²) in [6.07, 6.45) is 8.64. The van der Waals surface area contributed by atoms with Gasteiger partial charge in [0.25, 0.3) is 12.3 Å². The summed E-state index contributed by atoms with van der Waals surface area (Å²) >= 11 is 0. The number of para-hydroxylation sites is 1. The van der Waals surface area contributed by atoms with E-state index in [-0.39, 0.29) is 59.9 Å². The number of rotatable bonds is 10. The smallest absolute Gasteiger partial charge is 0.329 e. The molecule has 1 unspecified atom stereocenters. The number of anilines is 2. The standard InChI is InChI=1S/C45H51F2N11O6/c1-53-39-29(4-2-6-34(39)58(44(53)62)35-11-12-37(59)51-43(35)61)5-3-21-64-31-13-17-54(18-14-31)23-28-7-9-30(10-8-28)57-24-33(38(52-57)40(46)47)49-42(60)32-22-48-56-19-15-36(50-41(32)56)55-20-16-45(25-55)26-63-27-45/h2,4,6,15,19,22,24,28,30-31,35,40H,7-14,16-18,20-21,23,25-27H2,1H3,(H,49,60)(H,51,59,61). The zero-order valence-corrected chi connectivity index (χ0v) is 35.7. The highest BCUT2D eigenvalue weighted by molar-refractivity contribution is 6.08. The van der Waals surface area contributed by atoms with Crippen molar-refractivity contribution in [2.75, 3.05) is 62.8 Å². The topological polar surface area (TPSA) is 175 Å². The number of alkyl halides is 2. The molecule has 3 amide bonds. The highest BCUT2D eigenvalue weighted by atomic mass is 19.3. The first-order valence-electron chi connectivity index (χ1n) is 22.2. The highest BCUT2D eigenvalue weighted by Crippen LogP contribution is 2.39. The molecule has 4 aromatic heterocycles. The zero-order valence-electron chi connectivity index (χ0n) is 35.7. The van der Waals surface area contributed by atoms with Gasteiger partial charge in [-0.3, -0.25) is 33.5 Å². The average Bonchev–Trinajstić information content (AvgIpc) is 4.08. The number of carbonyl (C=O) groups excluding carboxylic acids is 3. The van der Waals surface area contributed by atoms with Gasteiger partial charge in [0, 0.05) is 64.0 Å². The molecule has 17 nitrogen and oxygen atoms in total. The number of likely N-dealkylation sites (tertiary alicyclic amines) is 1. The van der Waals surface area contributed by atoms with E-state index in [1.54, 1.807) is 24.0 Å². The molecule has 1 aliphatic carbocycles. The Balaban J connectivity index is 0.698. The van der Waals surface area contributed by atoms with Crippen molar-refractivity contribution < 1.29 is 32.6 Å². The van der Waals surface area contributed by atoms with E-state index in [1.807, 2.05) is 18.2 Å². The summed E-state index contributed by atoms with van der Waals surface area (Å²) in [5.41, 5.74) is 1.81. The third-order valence-electron chi connectivity index (χ3n) is 13.9. The summed E-state index contributed by atoms with van der Waals surface area (Å²) in [4.78, 5) is 60.5. The highest BCUT2D eigenvalue weighted by Gasteiger charge is 2.45. The van der Waals surface area contributed by atoms with Crippen molar-refractivity contribution in [1.29, 1.82) is 0 Å². The first-order valence-corrected chi connectivity index (χ1v) is 22.2. The fraction of sp³-hybridized carbons (Fsp3) is 0.533. The van der Waals surface area contributed by atoms with Gasteiger partial charge in [-0.1, -0.05) is 17.9 Å². The predicted octanol–water partition coefficient (Wildman–Crippen LogP) is 4.24. The molecule has 1 aromatic carbocycles. The Kier molecular flexibility index (Phi) is 11.3. The third-order valence-corrected chi connectivity index (χ3v) is 13.9. The average molecular weight is 880 g/mol. The van der Waals surface area contributed by atoms with E-state index in [2.05, 4.69) is 42.5 Å². The second kappa shape index (κ2) is 17.2. The van der Waals surface area contributed by atoms with Crippen LogP contribution in [0.1, 0.15) is 97.9 Å². The molecule has 5 fully saturated rings. The van der Waals surface area contributed by atoms with Gasteiger partial charge in [0.2, 0.25) is 11.8 Å². The summed E-state index contributed by atoms with van der Waals surface area (Å²) in [5.74, 6) is 6.13. The summed E-state index contributed by atoms with van der Waals surface area (Å²) in [6.45, 7) is 6.19. The Morgan fingerprint density at radius 2 is 1.88 bits per heavy atom. The van der Waals surface area contributed by atoms with Gasteiger partial charge in [0.1, 0.15) is 24.0 Å². The number of benzene rings is 1. The van der Waals surface area contributed by atoms with Crippen molar-refractivity contribution in [3.63, 3.8) is 0 Å². The lowest BCUT2D eigenvalue weighted by Crippen LogP contribution is -2.44. The van der Waals surface area contributed by atoms with Crippen LogP contribution < -0.4 is 21.2 Å². The van der Waals surface area contributed by atoms with Gasteiger partial charge in [0.05, 0.1) is 53.8 Å². The molecule has 4 saturated heterocycles. The van der Waals surface area contributed by atoms with Crippen molar-refractivity contribution in [1.82, 2.24) is 43.7 Å². The van der Waals surface area contributed by atoms with Gasteiger partial charge < -0.3 is 24.6 Å². The molecule has 0 radical (unpaired) electrons. The van der Waals surface area contributed by atoms with Crippen LogP contribution in [0.2, 0.25) is 0 Å². The molecule has 1 spiro atoms. The van der Waals surface area contributed by atoms with Crippen LogP contribution in [0.25, 0.3) is 16.7 Å². The number of hydrogen-bond donors (Lipinski definition) is 2. The van der Waals surface area contributed by atoms with E-state index in [9.17, 15) is 28.0 Å². The Bertz CT molecular complexity index is 2730. The molecular weight excluding hydrogens is 829 g/mol. The number of amides is 3.